The van der Waals surface area contributed by atoms with Crippen LogP contribution in [0, 0.1) is 0 Å². The van der Waals surface area contributed by atoms with Crippen LogP contribution in [0.4, 0.5) is 0 Å². The van der Waals surface area contributed by atoms with Gasteiger partial charge < -0.3 is 20.4 Å². The summed E-state index contributed by atoms with van der Waals surface area (Å²) in [5.41, 5.74) is 0. The third-order valence-electron chi connectivity index (χ3n) is 3.83. The average molecular weight is 281 g/mol. The third-order valence-corrected chi connectivity index (χ3v) is 3.83. The van der Waals surface area contributed by atoms with E-state index >= 15 is 0 Å². The Hall–Kier alpha value is -1.08. The molecule has 0 bridgehead atoms. The maximum Gasteiger partial charge on any atom is 0.317 e. The molecule has 0 spiro atoms. The molecule has 20 heavy (non-hydrogen) atoms. The number of hydrogen-bond donors (Lipinski definition) is 3. The number of carboxylic acids is 1. The maximum atomic E-state index is 11.9. The highest BCUT2D eigenvalue weighted by Crippen LogP contribution is 2.16. The van der Waals surface area contributed by atoms with Crippen LogP contribution in [0.1, 0.15) is 44.9 Å². The van der Waals surface area contributed by atoms with Gasteiger partial charge in [-0.25, -0.2) is 0 Å². The zero-order valence-electron chi connectivity index (χ0n) is 11.6. The van der Waals surface area contributed by atoms with Crippen molar-refractivity contribution in [3.05, 3.63) is 0 Å². The molecule has 2 aliphatic rings. The van der Waals surface area contributed by atoms with Crippen LogP contribution in [0.3, 0.4) is 0 Å². The molecule has 2 aliphatic heterocycles. The zero-order valence-corrected chi connectivity index (χ0v) is 11.6. The van der Waals surface area contributed by atoms with Gasteiger partial charge in [-0.2, -0.15) is 0 Å². The Morgan fingerprint density at radius 1 is 1.25 bits per heavy atom. The first-order chi connectivity index (χ1) is 9.63. The van der Waals surface area contributed by atoms with E-state index in [1.165, 1.54) is 12.8 Å². The van der Waals surface area contributed by atoms with E-state index < -0.39 is 5.97 Å². The third kappa shape index (κ3) is 5.13. The Morgan fingerprint density at radius 2 is 2.10 bits per heavy atom. The number of amides is 1. The summed E-state index contributed by atoms with van der Waals surface area (Å²) in [5, 5.41) is 15.0. The number of hydrogen-bond acceptors (Lipinski definition) is 4. The number of carbonyl (C=O) groups is 2. The number of carbonyl (C=O) groups excluding carboxylic acids is 1. The highest BCUT2D eigenvalue weighted by atomic mass is 16.4. The lowest BCUT2D eigenvalue weighted by atomic mass is 9.79. The molecule has 2 fully saturated rings. The second-order valence-corrected chi connectivity index (χ2v) is 5.59. The average Bonchev–Trinajstić information content (AvgIpc) is 2.41. The van der Waals surface area contributed by atoms with Crippen molar-refractivity contribution in [2.24, 2.45) is 0 Å². The zero-order chi connectivity index (χ0) is 14.4. The molecule has 3 N–H and O–H groups in total. The van der Waals surface area contributed by atoms with Crippen molar-refractivity contribution < 1.29 is 19.3 Å². The molecule has 0 aromatic rings. The highest BCUT2D eigenvalue weighted by Gasteiger charge is 2.26. The highest BCUT2D eigenvalue weighted by molar-refractivity contribution is 6.30. The van der Waals surface area contributed by atoms with Gasteiger partial charge in [0.2, 0.25) is 5.91 Å². The number of nitrogens with one attached hydrogen (secondary N) is 2. The Morgan fingerprint density at radius 3 is 2.70 bits per heavy atom. The van der Waals surface area contributed by atoms with Gasteiger partial charge in [0, 0.05) is 18.4 Å². The van der Waals surface area contributed by atoms with Crippen molar-refractivity contribution in [3.63, 3.8) is 0 Å². The Bertz CT molecular complexity index is 339. The largest absolute Gasteiger partial charge is 0.481 e. The summed E-state index contributed by atoms with van der Waals surface area (Å²) >= 11 is 0. The number of carboxylic acid groups (broad SMARTS) is 1. The van der Waals surface area contributed by atoms with Crippen molar-refractivity contribution in [3.8, 4) is 0 Å². The van der Waals surface area contributed by atoms with Crippen molar-refractivity contribution in [1.82, 2.24) is 10.6 Å². The van der Waals surface area contributed by atoms with Gasteiger partial charge in [-0.05, 0) is 32.2 Å². The molecule has 0 saturated carbocycles. The summed E-state index contributed by atoms with van der Waals surface area (Å²) in [6, 6.07) is 0.285. The predicted molar refractivity (Wildman–Crippen MR) is 74.3 cm³/mol. The van der Waals surface area contributed by atoms with E-state index in [-0.39, 0.29) is 30.4 Å². The van der Waals surface area contributed by atoms with Crippen LogP contribution in [0.2, 0.25) is 0 Å². The van der Waals surface area contributed by atoms with E-state index in [4.69, 9.17) is 9.76 Å². The maximum absolute atomic E-state index is 11.9. The van der Waals surface area contributed by atoms with Crippen molar-refractivity contribution in [2.75, 3.05) is 6.54 Å². The molecule has 1 radical (unpaired) electrons. The summed E-state index contributed by atoms with van der Waals surface area (Å²) in [6.07, 6.45) is 5.08. The fourth-order valence-corrected chi connectivity index (χ4v) is 2.75. The van der Waals surface area contributed by atoms with Crippen LogP contribution < -0.4 is 10.6 Å². The van der Waals surface area contributed by atoms with E-state index in [1.54, 1.807) is 7.48 Å². The van der Waals surface area contributed by atoms with Crippen LogP contribution >= 0.6 is 0 Å². The first kappa shape index (κ1) is 15.3. The molecule has 0 unspecified atom stereocenters. The van der Waals surface area contributed by atoms with Crippen molar-refractivity contribution in [2.45, 2.75) is 63.0 Å². The SMILES string of the molecule is O=C(O)C[C@@H]1CC[C@H](NC(=O)C[C@@H]2CCCCN2)[B]O1. The normalized spacial score (nSPS) is 30.3. The van der Waals surface area contributed by atoms with Crippen LogP contribution in [0.25, 0.3) is 0 Å². The first-order valence-corrected chi connectivity index (χ1v) is 7.37. The number of piperidine rings is 1. The summed E-state index contributed by atoms with van der Waals surface area (Å²) in [7, 11) is 1.57. The topological polar surface area (TPSA) is 87.7 Å². The molecule has 1 amide bonds. The Balaban J connectivity index is 1.64. The second kappa shape index (κ2) is 7.64. The minimum Gasteiger partial charge on any atom is -0.481 e. The van der Waals surface area contributed by atoms with Crippen molar-refractivity contribution in [1.29, 1.82) is 0 Å². The van der Waals surface area contributed by atoms with Crippen LogP contribution in [0.5, 0.6) is 0 Å². The minimum atomic E-state index is -0.853. The Labute approximate surface area is 119 Å². The van der Waals surface area contributed by atoms with Gasteiger partial charge in [0.15, 0.2) is 0 Å². The van der Waals surface area contributed by atoms with E-state index in [2.05, 4.69) is 10.6 Å². The second-order valence-electron chi connectivity index (χ2n) is 5.59. The van der Waals surface area contributed by atoms with Gasteiger partial charge in [0.05, 0.1) is 12.5 Å². The van der Waals surface area contributed by atoms with E-state index in [1.807, 2.05) is 0 Å². The van der Waals surface area contributed by atoms with Gasteiger partial charge >= 0.3 is 13.5 Å². The molecule has 0 aromatic carbocycles. The number of rotatable bonds is 5. The van der Waals surface area contributed by atoms with E-state index in [0.717, 1.165) is 19.4 Å². The van der Waals surface area contributed by atoms with Gasteiger partial charge in [-0.3, -0.25) is 9.59 Å². The lowest BCUT2D eigenvalue weighted by Crippen LogP contribution is -2.47. The van der Waals surface area contributed by atoms with Crippen LogP contribution in [-0.2, 0) is 14.2 Å². The predicted octanol–water partition coefficient (Wildman–Crippen LogP) is 0.234. The summed E-state index contributed by atoms with van der Waals surface area (Å²) in [5.74, 6) is -0.920. The van der Waals surface area contributed by atoms with E-state index in [9.17, 15) is 9.59 Å². The molecular formula is C13H22BN2O4. The van der Waals surface area contributed by atoms with Crippen molar-refractivity contribution >= 4 is 19.4 Å². The first-order valence-electron chi connectivity index (χ1n) is 7.37. The molecule has 3 atom stereocenters. The van der Waals surface area contributed by atoms with Crippen LogP contribution in [-0.4, -0.2) is 49.1 Å². The standard InChI is InChI=1S/C13H22BN2O4/c17-12(7-9-3-1-2-6-15-9)16-11-5-4-10(20-14-11)8-13(18)19/h9-11,15H,1-8H2,(H,16,17)(H,18,19)/t9-,10-,11-/m0/s1. The fraction of sp³-hybridized carbons (Fsp3) is 0.846. The molecule has 2 rings (SSSR count). The molecule has 0 aromatic heterocycles. The number of aliphatic carboxylic acids is 1. The van der Waals surface area contributed by atoms with E-state index in [0.29, 0.717) is 12.8 Å². The molecular weight excluding hydrogens is 259 g/mol. The van der Waals surface area contributed by atoms with Gasteiger partial charge in [-0.1, -0.05) is 6.42 Å². The minimum absolute atomic E-state index is 0.0170. The van der Waals surface area contributed by atoms with Crippen LogP contribution in [0.15, 0.2) is 0 Å². The monoisotopic (exact) mass is 281 g/mol. The smallest absolute Gasteiger partial charge is 0.317 e. The summed E-state index contributed by atoms with van der Waals surface area (Å²) < 4.78 is 5.36. The molecule has 7 heteroatoms. The lowest BCUT2D eigenvalue weighted by Gasteiger charge is -2.29. The quantitative estimate of drug-likeness (QED) is 0.628. The Kier molecular flexibility index (Phi) is 5.85. The van der Waals surface area contributed by atoms with Gasteiger partial charge in [0.1, 0.15) is 0 Å². The molecule has 6 nitrogen and oxygen atoms in total. The molecule has 2 heterocycles. The lowest BCUT2D eigenvalue weighted by molar-refractivity contribution is -0.139. The summed E-state index contributed by atoms with van der Waals surface area (Å²) in [4.78, 5) is 22.5. The van der Waals surface area contributed by atoms with Gasteiger partial charge in [-0.15, -0.1) is 0 Å². The molecule has 0 aliphatic carbocycles. The summed E-state index contributed by atoms with van der Waals surface area (Å²) in [6.45, 7) is 0.994. The van der Waals surface area contributed by atoms with Gasteiger partial charge in [0.25, 0.3) is 0 Å². The molecule has 111 valence electrons. The fourth-order valence-electron chi connectivity index (χ4n) is 2.75. The molecule has 2 saturated heterocycles.